The molecule has 11 aromatic rings. The Hall–Kier alpha value is -7.63. The second kappa shape index (κ2) is 13.0. The molecule has 3 aromatic heterocycles. The van der Waals surface area contributed by atoms with E-state index in [1.165, 1.54) is 18.2 Å². The topological polar surface area (TPSA) is 56.7 Å². The first kappa shape index (κ1) is 24.6. The predicted molar refractivity (Wildman–Crippen MR) is 229 cm³/mol. The van der Waals surface area contributed by atoms with E-state index in [1.807, 2.05) is 115 Å². The molecule has 56 heavy (non-hydrogen) atoms. The monoisotopic (exact) mass is 724 g/mol. The molecule has 262 valence electrons. The number of rotatable bonds is 6. The summed E-state index contributed by atoms with van der Waals surface area (Å²) in [4.78, 5) is 14.9. The van der Waals surface area contributed by atoms with Crippen LogP contribution in [0, 0.1) is 0 Å². The third-order valence-electron chi connectivity index (χ3n) is 10.1. The van der Waals surface area contributed by atoms with E-state index in [0.29, 0.717) is 34.3 Å². The van der Waals surface area contributed by atoms with Gasteiger partial charge in [-0.1, -0.05) is 164 Å². The molecule has 3 heterocycles. The van der Waals surface area contributed by atoms with Gasteiger partial charge in [0.2, 0.25) is 0 Å². The molecule has 0 aliphatic rings. The van der Waals surface area contributed by atoms with E-state index in [-0.39, 0.29) is 80.9 Å². The van der Waals surface area contributed by atoms with Crippen molar-refractivity contribution in [2.45, 2.75) is 0 Å². The van der Waals surface area contributed by atoms with Gasteiger partial charge in [-0.25, -0.2) is 15.0 Å². The Balaban J connectivity index is 1.28. The number of fused-ring (bicyclic) bond motifs is 6. The molecule has 0 bridgehead atoms. The first-order valence-corrected chi connectivity index (χ1v) is 18.1. The Morgan fingerprint density at radius 1 is 0.393 bits per heavy atom. The van der Waals surface area contributed by atoms with Crippen molar-refractivity contribution < 1.29 is 15.4 Å². The standard InChI is InChI=1S/C51H32N4O/c1-4-16-33(17-5-1)37-24-14-25-40-41-26-15-27-42(48(41)56-47(37)40)43-32-36(30-31-46(43)55-44-28-12-10-22-38(44)39-23-11-13-29-45(39)55)51-53-49(34-18-6-2-7-19-34)52-50(54-51)35-20-8-3-9-21-35/h1-32H/i1D,14D,15D,16D,17D,25D,26D,27D. The third kappa shape index (κ3) is 5.21. The van der Waals surface area contributed by atoms with E-state index >= 15 is 0 Å². The molecule has 0 aliphatic carbocycles. The Morgan fingerprint density at radius 2 is 0.946 bits per heavy atom. The zero-order chi connectivity index (χ0) is 44.0. The number of para-hydroxylation sites is 4. The van der Waals surface area contributed by atoms with Crippen molar-refractivity contribution in [2.24, 2.45) is 0 Å². The third-order valence-corrected chi connectivity index (χ3v) is 10.1. The van der Waals surface area contributed by atoms with Gasteiger partial charge in [-0.05, 0) is 35.9 Å². The fourth-order valence-electron chi connectivity index (χ4n) is 7.53. The lowest BCUT2D eigenvalue weighted by Crippen LogP contribution is -2.02. The van der Waals surface area contributed by atoms with Crippen molar-refractivity contribution in [1.29, 1.82) is 0 Å². The fraction of sp³-hybridized carbons (Fsp3) is 0. The van der Waals surface area contributed by atoms with Gasteiger partial charge in [0.15, 0.2) is 17.5 Å². The summed E-state index contributed by atoms with van der Waals surface area (Å²) < 4.78 is 80.9. The second-order valence-electron chi connectivity index (χ2n) is 13.3. The maximum Gasteiger partial charge on any atom is 0.164 e. The summed E-state index contributed by atoms with van der Waals surface area (Å²) in [6, 6.07) is 43.0. The second-order valence-corrected chi connectivity index (χ2v) is 13.3. The quantitative estimate of drug-likeness (QED) is 0.171. The fourth-order valence-corrected chi connectivity index (χ4v) is 7.53. The summed E-state index contributed by atoms with van der Waals surface area (Å²) in [5.74, 6) is 1.25. The van der Waals surface area contributed by atoms with Crippen LogP contribution in [-0.4, -0.2) is 19.5 Å². The molecule has 0 radical (unpaired) electrons. The maximum absolute atomic E-state index is 9.67. The first-order valence-electron chi connectivity index (χ1n) is 22.1. The van der Waals surface area contributed by atoms with Crippen molar-refractivity contribution >= 4 is 43.7 Å². The number of benzene rings is 8. The lowest BCUT2D eigenvalue weighted by Gasteiger charge is -2.16. The van der Waals surface area contributed by atoms with Gasteiger partial charge in [-0.3, -0.25) is 0 Å². The minimum absolute atomic E-state index is 0.0290. The summed E-state index contributed by atoms with van der Waals surface area (Å²) in [6.45, 7) is 0. The van der Waals surface area contributed by atoms with Crippen LogP contribution in [0.1, 0.15) is 11.0 Å². The molecule has 0 amide bonds. The Bertz CT molecular complexity index is 3590. The van der Waals surface area contributed by atoms with Crippen LogP contribution in [0.5, 0.6) is 0 Å². The van der Waals surface area contributed by atoms with Crippen LogP contribution in [0.2, 0.25) is 0 Å². The van der Waals surface area contributed by atoms with Gasteiger partial charge in [0.1, 0.15) is 11.2 Å². The van der Waals surface area contributed by atoms with Crippen molar-refractivity contribution in [3.05, 3.63) is 194 Å². The molecule has 5 nitrogen and oxygen atoms in total. The maximum atomic E-state index is 9.67. The van der Waals surface area contributed by atoms with Gasteiger partial charge in [0.05, 0.1) is 27.7 Å². The number of hydrogen-bond acceptors (Lipinski definition) is 4. The number of nitrogens with zero attached hydrogens (tertiary/aromatic N) is 4. The van der Waals surface area contributed by atoms with Crippen molar-refractivity contribution in [2.75, 3.05) is 0 Å². The molecule has 5 heteroatoms. The smallest absolute Gasteiger partial charge is 0.164 e. The zero-order valence-electron chi connectivity index (χ0n) is 37.6. The van der Waals surface area contributed by atoms with Crippen LogP contribution in [-0.2, 0) is 0 Å². The van der Waals surface area contributed by atoms with E-state index in [4.69, 9.17) is 26.2 Å². The minimum Gasteiger partial charge on any atom is -0.455 e. The minimum atomic E-state index is -0.418. The predicted octanol–water partition coefficient (Wildman–Crippen LogP) is 13.2. The molecular formula is C51H32N4O. The van der Waals surface area contributed by atoms with Crippen LogP contribution in [0.25, 0.3) is 106 Å². The van der Waals surface area contributed by atoms with Crippen LogP contribution in [0.4, 0.5) is 0 Å². The largest absolute Gasteiger partial charge is 0.455 e. The molecule has 0 fully saturated rings. The van der Waals surface area contributed by atoms with Crippen LogP contribution < -0.4 is 0 Å². The van der Waals surface area contributed by atoms with E-state index < -0.39 is 6.04 Å². The van der Waals surface area contributed by atoms with E-state index in [9.17, 15) is 4.11 Å². The van der Waals surface area contributed by atoms with Gasteiger partial charge >= 0.3 is 0 Å². The molecular weight excluding hydrogens is 685 g/mol. The lowest BCUT2D eigenvalue weighted by molar-refractivity contribution is 0.671. The highest BCUT2D eigenvalue weighted by Crippen LogP contribution is 2.44. The first-order chi connectivity index (χ1) is 31.1. The van der Waals surface area contributed by atoms with Gasteiger partial charge in [0, 0.05) is 54.9 Å². The van der Waals surface area contributed by atoms with Crippen LogP contribution in [0.15, 0.2) is 198 Å². The summed E-state index contributed by atoms with van der Waals surface area (Å²) in [6.07, 6.45) is 0. The zero-order valence-corrected chi connectivity index (χ0v) is 29.6. The highest BCUT2D eigenvalue weighted by Gasteiger charge is 2.22. The van der Waals surface area contributed by atoms with Crippen LogP contribution >= 0.6 is 0 Å². The SMILES string of the molecule is [2H]c1cc([2H])c(-c2cc([2H])c([2H])c3c2oc2c(-c4cc(-c5nc(-c6ccccc6)nc(-c6ccccc6)n5)ccc4-n4c5ccccc5c5ccccc54)c([2H])c([2H])c([2H])c23)c([2H])c1. The molecule has 11 rings (SSSR count). The van der Waals surface area contributed by atoms with Crippen LogP contribution in [0.3, 0.4) is 0 Å². The number of hydrogen-bond donors (Lipinski definition) is 0. The molecule has 0 unspecified atom stereocenters. The highest BCUT2D eigenvalue weighted by atomic mass is 16.3. The highest BCUT2D eigenvalue weighted by molar-refractivity contribution is 6.14. The lowest BCUT2D eigenvalue weighted by atomic mass is 9.97. The number of furan rings is 1. The van der Waals surface area contributed by atoms with E-state index in [2.05, 4.69) is 16.7 Å². The number of aromatic nitrogens is 4. The Labute approximate surface area is 334 Å². The summed E-state index contributed by atoms with van der Waals surface area (Å²) >= 11 is 0. The molecule has 0 atom stereocenters. The van der Waals surface area contributed by atoms with Gasteiger partial charge in [-0.2, -0.15) is 0 Å². The molecule has 0 aliphatic heterocycles. The summed E-state index contributed by atoms with van der Waals surface area (Å²) in [7, 11) is 0. The van der Waals surface area contributed by atoms with Gasteiger partial charge in [0.25, 0.3) is 0 Å². The molecule has 0 saturated carbocycles. The Morgan fingerprint density at radius 3 is 1.59 bits per heavy atom. The normalized spacial score (nSPS) is 13.6. The molecule has 0 spiro atoms. The van der Waals surface area contributed by atoms with E-state index in [0.717, 1.165) is 32.9 Å². The van der Waals surface area contributed by atoms with E-state index in [1.54, 1.807) is 0 Å². The average Bonchev–Trinajstić information content (AvgIpc) is 3.87. The molecule has 0 saturated heterocycles. The van der Waals surface area contributed by atoms with Crippen molar-refractivity contribution in [1.82, 2.24) is 19.5 Å². The van der Waals surface area contributed by atoms with Gasteiger partial charge < -0.3 is 8.98 Å². The average molecular weight is 725 g/mol. The van der Waals surface area contributed by atoms with Gasteiger partial charge in [-0.15, -0.1) is 0 Å². The summed E-state index contributed by atoms with van der Waals surface area (Å²) in [5.41, 5.74) is 5.41. The van der Waals surface area contributed by atoms with Crippen molar-refractivity contribution in [3.63, 3.8) is 0 Å². The Kier molecular flexibility index (Phi) is 5.74. The molecule has 0 N–H and O–H groups in total. The van der Waals surface area contributed by atoms with Crippen molar-refractivity contribution in [3.8, 4) is 62.1 Å². The molecule has 8 aromatic carbocycles. The summed E-state index contributed by atoms with van der Waals surface area (Å²) in [5, 5.41) is 2.10.